The molecule has 4 N–H and O–H groups in total. The summed E-state index contributed by atoms with van der Waals surface area (Å²) in [5.41, 5.74) is 0. The summed E-state index contributed by atoms with van der Waals surface area (Å²) < 4.78 is 31.7. The lowest BCUT2D eigenvalue weighted by atomic mass is 10.2. The number of carboxylic acid groups (broad SMARTS) is 1. The quantitative estimate of drug-likeness (QED) is 0.349. The number of nitrogens with one attached hydrogen (secondary N) is 3. The highest BCUT2D eigenvalue weighted by atomic mass is 32.1. The van der Waals surface area contributed by atoms with Crippen molar-refractivity contribution in [2.75, 3.05) is 25.6 Å². The van der Waals surface area contributed by atoms with Gasteiger partial charge in [-0.25, -0.2) is 4.79 Å². The number of carboxylic acids is 1. The molecular weight excluding hydrogens is 347 g/mol. The van der Waals surface area contributed by atoms with E-state index in [2.05, 4.69) is 41.2 Å². The van der Waals surface area contributed by atoms with Gasteiger partial charge in [-0.3, -0.25) is 9.59 Å². The molecule has 130 valence electrons. The Morgan fingerprint density at radius 2 is 1.45 bits per heavy atom. The molecule has 0 saturated carbocycles. The van der Waals surface area contributed by atoms with Gasteiger partial charge in [0.2, 0.25) is 11.8 Å². The molecule has 22 heavy (non-hydrogen) atoms. The fourth-order valence-electron chi connectivity index (χ4n) is 0.946. The molecule has 0 aromatic heterocycles. The number of hydrogen-bond acceptors (Lipinski definition) is 6. The zero-order chi connectivity index (χ0) is 17.9. The summed E-state index contributed by atoms with van der Waals surface area (Å²) in [4.78, 5) is 31.7. The van der Waals surface area contributed by atoms with Gasteiger partial charge in [-0.2, -0.15) is 38.4 Å². The number of aliphatic carboxylic acids is 1. The summed E-state index contributed by atoms with van der Waals surface area (Å²) in [6.07, 6.45) is -5.08. The average Bonchev–Trinajstić information content (AvgIpc) is 2.44. The molecule has 0 heterocycles. The van der Waals surface area contributed by atoms with Gasteiger partial charge in [0.15, 0.2) is 0 Å². The van der Waals surface area contributed by atoms with Crippen molar-refractivity contribution in [1.29, 1.82) is 0 Å². The van der Waals surface area contributed by atoms with Gasteiger partial charge in [0, 0.05) is 18.6 Å². The van der Waals surface area contributed by atoms with Gasteiger partial charge in [0.05, 0.1) is 6.04 Å². The Balaban J connectivity index is 0. The summed E-state index contributed by atoms with van der Waals surface area (Å²) in [5, 5.41) is 15.0. The van der Waals surface area contributed by atoms with E-state index in [0.717, 1.165) is 0 Å². The summed E-state index contributed by atoms with van der Waals surface area (Å²) in [5.74, 6) is -2.64. The van der Waals surface area contributed by atoms with E-state index in [1.165, 1.54) is 7.05 Å². The van der Waals surface area contributed by atoms with Gasteiger partial charge in [-0.15, -0.1) is 0 Å². The Bertz CT molecular complexity index is 379. The van der Waals surface area contributed by atoms with Crippen LogP contribution in [0.25, 0.3) is 0 Å². The lowest BCUT2D eigenvalue weighted by Crippen LogP contribution is -2.53. The van der Waals surface area contributed by atoms with Crippen molar-refractivity contribution in [2.24, 2.45) is 0 Å². The number of alkyl halides is 3. The second-order valence-electron chi connectivity index (χ2n) is 3.68. The molecule has 0 aromatic carbocycles. The van der Waals surface area contributed by atoms with Crippen LogP contribution in [0.1, 0.15) is 0 Å². The summed E-state index contributed by atoms with van der Waals surface area (Å²) in [6.45, 7) is 0. The normalized spacial score (nSPS) is 13.2. The highest BCUT2D eigenvalue weighted by Gasteiger charge is 2.38. The van der Waals surface area contributed by atoms with Crippen molar-refractivity contribution in [3.05, 3.63) is 0 Å². The Morgan fingerprint density at radius 3 is 1.68 bits per heavy atom. The molecule has 7 nitrogen and oxygen atoms in total. The van der Waals surface area contributed by atoms with Crippen molar-refractivity contribution >= 4 is 43.0 Å². The highest BCUT2D eigenvalue weighted by Crippen LogP contribution is 2.13. The van der Waals surface area contributed by atoms with Crippen LogP contribution < -0.4 is 16.0 Å². The zero-order valence-corrected chi connectivity index (χ0v) is 13.6. The van der Waals surface area contributed by atoms with Gasteiger partial charge < -0.3 is 21.1 Å². The van der Waals surface area contributed by atoms with Crippen LogP contribution in [0.2, 0.25) is 0 Å². The smallest absolute Gasteiger partial charge is 0.475 e. The second kappa shape index (κ2) is 11.4. The Hall–Kier alpha value is -1.14. The van der Waals surface area contributed by atoms with Crippen LogP contribution in [0.3, 0.4) is 0 Å². The van der Waals surface area contributed by atoms with Crippen LogP contribution in [0, 0.1) is 0 Å². The number of thiol groups is 2. The average molecular weight is 365 g/mol. The van der Waals surface area contributed by atoms with Crippen LogP contribution >= 0.6 is 25.3 Å². The molecule has 0 rings (SSSR count). The lowest BCUT2D eigenvalue weighted by molar-refractivity contribution is -0.192. The van der Waals surface area contributed by atoms with E-state index in [1.54, 1.807) is 7.05 Å². The van der Waals surface area contributed by atoms with Crippen LogP contribution in [0.5, 0.6) is 0 Å². The molecule has 12 heteroatoms. The molecular formula is C10H18F3N3O4S2. The van der Waals surface area contributed by atoms with Gasteiger partial charge in [0.25, 0.3) is 0 Å². The van der Waals surface area contributed by atoms with Crippen molar-refractivity contribution in [3.63, 3.8) is 0 Å². The molecule has 0 saturated heterocycles. The zero-order valence-electron chi connectivity index (χ0n) is 11.8. The number of carbonyl (C=O) groups excluding carboxylic acids is 2. The predicted octanol–water partition coefficient (Wildman–Crippen LogP) is -0.702. The first-order chi connectivity index (χ1) is 10.0. The third kappa shape index (κ3) is 9.73. The molecule has 0 radical (unpaired) electrons. The maximum Gasteiger partial charge on any atom is 0.490 e. The SMILES string of the molecule is CNC(=O)[C@H](CS)NC(=O)[C@H](CS)NC.O=C(O)C(F)(F)F. The fourth-order valence-corrected chi connectivity index (χ4v) is 1.55. The van der Waals surface area contributed by atoms with E-state index in [4.69, 9.17) is 9.90 Å². The molecule has 0 spiro atoms. The Labute approximate surface area is 136 Å². The molecule has 2 amide bonds. The minimum absolute atomic E-state index is 0.254. The van der Waals surface area contributed by atoms with E-state index in [-0.39, 0.29) is 17.6 Å². The third-order valence-corrected chi connectivity index (χ3v) is 2.88. The predicted molar refractivity (Wildman–Crippen MR) is 80.2 cm³/mol. The highest BCUT2D eigenvalue weighted by molar-refractivity contribution is 7.80. The monoisotopic (exact) mass is 365 g/mol. The number of hydrogen-bond donors (Lipinski definition) is 6. The van der Waals surface area contributed by atoms with Crippen LogP contribution in [0.4, 0.5) is 13.2 Å². The topological polar surface area (TPSA) is 108 Å². The van der Waals surface area contributed by atoms with E-state index >= 15 is 0 Å². The summed E-state index contributed by atoms with van der Waals surface area (Å²) in [7, 11) is 3.18. The van der Waals surface area contributed by atoms with Crippen molar-refractivity contribution in [3.8, 4) is 0 Å². The maximum atomic E-state index is 11.6. The number of carbonyl (C=O) groups is 3. The van der Waals surface area contributed by atoms with Gasteiger partial charge in [0.1, 0.15) is 6.04 Å². The van der Waals surface area contributed by atoms with Crippen molar-refractivity contribution in [1.82, 2.24) is 16.0 Å². The summed E-state index contributed by atoms with van der Waals surface area (Å²) in [6, 6.07) is -1.01. The molecule has 0 aromatic rings. The van der Waals surface area contributed by atoms with Gasteiger partial charge >= 0.3 is 12.1 Å². The largest absolute Gasteiger partial charge is 0.490 e. The molecule has 0 aliphatic heterocycles. The lowest BCUT2D eigenvalue weighted by Gasteiger charge is -2.19. The van der Waals surface area contributed by atoms with Crippen LogP contribution in [0.15, 0.2) is 0 Å². The van der Waals surface area contributed by atoms with E-state index in [9.17, 15) is 22.8 Å². The van der Waals surface area contributed by atoms with Crippen LogP contribution in [-0.4, -0.2) is 66.8 Å². The molecule has 0 aliphatic carbocycles. The second-order valence-corrected chi connectivity index (χ2v) is 4.42. The number of amides is 2. The minimum atomic E-state index is -5.08. The molecule has 0 aliphatic rings. The van der Waals surface area contributed by atoms with E-state index in [0.29, 0.717) is 5.75 Å². The molecule has 2 atom stereocenters. The number of halogens is 3. The fraction of sp³-hybridized carbons (Fsp3) is 0.700. The first-order valence-corrected chi connectivity index (χ1v) is 7.02. The van der Waals surface area contributed by atoms with E-state index < -0.39 is 24.2 Å². The number of rotatable bonds is 6. The van der Waals surface area contributed by atoms with Gasteiger partial charge in [-0.05, 0) is 7.05 Å². The van der Waals surface area contributed by atoms with Crippen LogP contribution in [-0.2, 0) is 14.4 Å². The molecule has 0 fully saturated rings. The first kappa shape index (κ1) is 23.1. The maximum absolute atomic E-state index is 11.6. The Kier molecular flexibility index (Phi) is 12.0. The molecule has 0 bridgehead atoms. The minimum Gasteiger partial charge on any atom is -0.475 e. The van der Waals surface area contributed by atoms with E-state index in [1.807, 2.05) is 0 Å². The standard InChI is InChI=1S/C8H17N3O2S2.C2HF3O2/c1-9-5(3-14)8(13)11-6(4-15)7(12)10-2;3-2(4,5)1(6)7/h5-6,9,14-15H,3-4H2,1-2H3,(H,10,12)(H,11,13);(H,6,7)/t5-,6-;/m0./s1. The first-order valence-electron chi connectivity index (χ1n) is 5.76. The van der Waals surface area contributed by atoms with Crippen molar-refractivity contribution in [2.45, 2.75) is 18.3 Å². The van der Waals surface area contributed by atoms with Gasteiger partial charge in [-0.1, -0.05) is 0 Å². The third-order valence-electron chi connectivity index (χ3n) is 2.15. The van der Waals surface area contributed by atoms with Crippen molar-refractivity contribution < 1.29 is 32.7 Å². The molecule has 0 unspecified atom stereocenters. The Morgan fingerprint density at radius 1 is 1.05 bits per heavy atom. The summed E-state index contributed by atoms with van der Waals surface area (Å²) >= 11 is 8.01. The number of likely N-dealkylation sites (N-methyl/N-ethyl adjacent to an activating group) is 2.